The smallest absolute Gasteiger partial charge is 0.387 e. The third kappa shape index (κ3) is 5.52. The van der Waals surface area contributed by atoms with Gasteiger partial charge in [-0.15, -0.1) is 0 Å². The number of alkyl halides is 2. The fourth-order valence-corrected chi connectivity index (χ4v) is 3.44. The Hall–Kier alpha value is -3.03. The number of ether oxygens (including phenoxy) is 2. The van der Waals surface area contributed by atoms with Gasteiger partial charge in [-0.25, -0.2) is 4.79 Å². The average molecular weight is 419 g/mol. The highest BCUT2D eigenvalue weighted by Crippen LogP contribution is 2.29. The van der Waals surface area contributed by atoms with Crippen molar-refractivity contribution in [2.45, 2.75) is 26.5 Å². The zero-order chi connectivity index (χ0) is 21.5. The Morgan fingerprint density at radius 3 is 2.37 bits per heavy atom. The number of para-hydroxylation sites is 2. The summed E-state index contributed by atoms with van der Waals surface area (Å²) in [5.74, 6) is 0.946. The summed E-state index contributed by atoms with van der Waals surface area (Å²) in [6.07, 6.45) is 0. The number of benzene rings is 2. The number of rotatable bonds is 7. The number of urea groups is 1. The molecule has 1 atom stereocenters. The van der Waals surface area contributed by atoms with Crippen molar-refractivity contribution < 1.29 is 23.0 Å². The van der Waals surface area contributed by atoms with E-state index in [4.69, 9.17) is 4.74 Å². The number of hydrogen-bond donors (Lipinski definition) is 1. The lowest BCUT2D eigenvalue weighted by Crippen LogP contribution is -2.52. The van der Waals surface area contributed by atoms with Crippen LogP contribution in [0.25, 0.3) is 0 Å². The third-order valence-corrected chi connectivity index (χ3v) is 5.02. The number of piperazine rings is 1. The van der Waals surface area contributed by atoms with Gasteiger partial charge in [0.1, 0.15) is 11.5 Å². The van der Waals surface area contributed by atoms with Crippen LogP contribution in [0.5, 0.6) is 11.5 Å². The van der Waals surface area contributed by atoms with E-state index in [0.29, 0.717) is 32.8 Å². The van der Waals surface area contributed by atoms with E-state index in [2.05, 4.69) is 15.0 Å². The minimum atomic E-state index is -2.85. The van der Waals surface area contributed by atoms with Crippen molar-refractivity contribution >= 4 is 11.7 Å². The van der Waals surface area contributed by atoms with Crippen LogP contribution in [0.2, 0.25) is 0 Å². The molecule has 1 unspecified atom stereocenters. The highest BCUT2D eigenvalue weighted by atomic mass is 19.3. The van der Waals surface area contributed by atoms with Gasteiger partial charge in [-0.3, -0.25) is 0 Å². The normalized spacial score (nSPS) is 15.1. The highest BCUT2D eigenvalue weighted by molar-refractivity contribution is 5.75. The molecule has 0 aromatic heterocycles. The molecule has 30 heavy (non-hydrogen) atoms. The van der Waals surface area contributed by atoms with Crippen molar-refractivity contribution in [1.82, 2.24) is 10.2 Å². The zero-order valence-corrected chi connectivity index (χ0v) is 17.2. The molecule has 6 nitrogen and oxygen atoms in total. The summed E-state index contributed by atoms with van der Waals surface area (Å²) >= 11 is 0. The molecule has 0 bridgehead atoms. The van der Waals surface area contributed by atoms with E-state index in [1.54, 1.807) is 17.0 Å². The maximum absolute atomic E-state index is 12.7. The lowest BCUT2D eigenvalue weighted by Gasteiger charge is -2.37. The van der Waals surface area contributed by atoms with Crippen LogP contribution >= 0.6 is 0 Å². The lowest BCUT2D eigenvalue weighted by atomic mass is 10.1. The largest absolute Gasteiger partial charge is 0.492 e. The van der Waals surface area contributed by atoms with Crippen LogP contribution in [0.3, 0.4) is 0 Å². The van der Waals surface area contributed by atoms with Crippen LogP contribution in [0.4, 0.5) is 19.3 Å². The van der Waals surface area contributed by atoms with Gasteiger partial charge in [0.25, 0.3) is 0 Å². The second-order valence-corrected chi connectivity index (χ2v) is 6.99. The van der Waals surface area contributed by atoms with E-state index in [1.807, 2.05) is 38.1 Å². The van der Waals surface area contributed by atoms with Gasteiger partial charge in [0, 0.05) is 26.2 Å². The first-order chi connectivity index (χ1) is 14.5. The summed E-state index contributed by atoms with van der Waals surface area (Å²) in [7, 11) is 0. The highest BCUT2D eigenvalue weighted by Gasteiger charge is 2.24. The monoisotopic (exact) mass is 419 g/mol. The molecule has 1 heterocycles. The average Bonchev–Trinajstić information content (AvgIpc) is 2.74. The summed E-state index contributed by atoms with van der Waals surface area (Å²) in [5, 5.41) is 2.97. The second kappa shape index (κ2) is 10.1. The third-order valence-electron chi connectivity index (χ3n) is 5.02. The molecule has 1 saturated heterocycles. The Morgan fingerprint density at radius 2 is 1.73 bits per heavy atom. The van der Waals surface area contributed by atoms with Gasteiger partial charge in [-0.05, 0) is 43.7 Å². The van der Waals surface area contributed by atoms with Crippen LogP contribution < -0.4 is 19.7 Å². The summed E-state index contributed by atoms with van der Waals surface area (Å²) < 4.78 is 34.6. The maximum Gasteiger partial charge on any atom is 0.387 e. The van der Waals surface area contributed by atoms with Crippen molar-refractivity contribution in [2.75, 3.05) is 37.7 Å². The van der Waals surface area contributed by atoms with Crippen molar-refractivity contribution in [3.63, 3.8) is 0 Å². The second-order valence-electron chi connectivity index (χ2n) is 6.99. The molecule has 1 aliphatic heterocycles. The van der Waals surface area contributed by atoms with Gasteiger partial charge in [0.05, 0.1) is 18.3 Å². The maximum atomic E-state index is 12.7. The van der Waals surface area contributed by atoms with Crippen molar-refractivity contribution in [3.05, 3.63) is 54.1 Å². The van der Waals surface area contributed by atoms with Crippen LogP contribution in [0, 0.1) is 0 Å². The van der Waals surface area contributed by atoms with Crippen LogP contribution in [-0.4, -0.2) is 50.3 Å². The predicted octanol–water partition coefficient (Wildman–Crippen LogP) is 4.28. The lowest BCUT2D eigenvalue weighted by molar-refractivity contribution is -0.0498. The Morgan fingerprint density at radius 1 is 1.07 bits per heavy atom. The first-order valence-corrected chi connectivity index (χ1v) is 10.0. The van der Waals surface area contributed by atoms with Gasteiger partial charge in [-0.1, -0.05) is 24.3 Å². The summed E-state index contributed by atoms with van der Waals surface area (Å²) in [4.78, 5) is 16.7. The van der Waals surface area contributed by atoms with Gasteiger partial charge >= 0.3 is 12.6 Å². The minimum Gasteiger partial charge on any atom is -0.492 e. The van der Waals surface area contributed by atoms with E-state index >= 15 is 0 Å². The van der Waals surface area contributed by atoms with E-state index < -0.39 is 6.61 Å². The molecule has 0 spiro atoms. The van der Waals surface area contributed by atoms with Crippen molar-refractivity contribution in [3.8, 4) is 11.5 Å². The number of carbonyl (C=O) groups is 1. The number of amides is 2. The van der Waals surface area contributed by atoms with E-state index in [1.165, 1.54) is 12.1 Å². The van der Waals surface area contributed by atoms with Crippen molar-refractivity contribution in [2.24, 2.45) is 0 Å². The molecular formula is C22H27F2N3O3. The quantitative estimate of drug-likeness (QED) is 0.728. The van der Waals surface area contributed by atoms with Crippen LogP contribution in [-0.2, 0) is 0 Å². The molecule has 0 radical (unpaired) electrons. The Labute approximate surface area is 175 Å². The number of halogens is 2. The SMILES string of the molecule is CCOc1ccccc1N1CCN(C(=O)NC(C)c2ccc(OC(F)F)cc2)CC1. The number of hydrogen-bond acceptors (Lipinski definition) is 4. The standard InChI is InChI=1S/C22H27F2N3O3/c1-3-29-20-7-5-4-6-19(20)26-12-14-27(15-13-26)22(28)25-16(2)17-8-10-18(11-9-17)30-21(23)24/h4-11,16,21H,3,12-15H2,1-2H3,(H,25,28). The first-order valence-electron chi connectivity index (χ1n) is 10.0. The molecule has 0 saturated carbocycles. The molecule has 2 amide bonds. The number of nitrogens with one attached hydrogen (secondary N) is 1. The van der Waals surface area contributed by atoms with Crippen molar-refractivity contribution in [1.29, 1.82) is 0 Å². The van der Waals surface area contributed by atoms with Gasteiger partial charge in [-0.2, -0.15) is 8.78 Å². The first kappa shape index (κ1) is 21.7. The fourth-order valence-electron chi connectivity index (χ4n) is 3.44. The minimum absolute atomic E-state index is 0.0933. The molecular weight excluding hydrogens is 392 g/mol. The summed E-state index contributed by atoms with van der Waals surface area (Å²) in [5.41, 5.74) is 1.85. The Bertz CT molecular complexity index is 825. The number of carbonyl (C=O) groups excluding carboxylic acids is 1. The molecule has 1 N–H and O–H groups in total. The van der Waals surface area contributed by atoms with E-state index in [9.17, 15) is 13.6 Å². The van der Waals surface area contributed by atoms with Crippen LogP contribution in [0.1, 0.15) is 25.5 Å². The molecule has 1 fully saturated rings. The fraction of sp³-hybridized carbons (Fsp3) is 0.409. The topological polar surface area (TPSA) is 54.0 Å². The number of anilines is 1. The molecule has 1 aliphatic rings. The Balaban J connectivity index is 1.53. The van der Waals surface area contributed by atoms with E-state index in [-0.39, 0.29) is 17.8 Å². The molecule has 162 valence electrons. The molecule has 2 aromatic carbocycles. The van der Waals surface area contributed by atoms with E-state index in [0.717, 1.165) is 17.0 Å². The zero-order valence-electron chi connectivity index (χ0n) is 17.2. The van der Waals surface area contributed by atoms with Crippen LogP contribution in [0.15, 0.2) is 48.5 Å². The molecule has 3 rings (SSSR count). The molecule has 2 aromatic rings. The van der Waals surface area contributed by atoms with Gasteiger partial charge in [0.2, 0.25) is 0 Å². The molecule has 8 heteroatoms. The summed E-state index contributed by atoms with van der Waals surface area (Å²) in [6.45, 7) is 4.19. The van der Waals surface area contributed by atoms with Gasteiger partial charge in [0.15, 0.2) is 0 Å². The Kier molecular flexibility index (Phi) is 7.32. The predicted molar refractivity (Wildman–Crippen MR) is 111 cm³/mol. The molecule has 0 aliphatic carbocycles. The number of nitrogens with zero attached hydrogens (tertiary/aromatic N) is 2. The van der Waals surface area contributed by atoms with Gasteiger partial charge < -0.3 is 24.6 Å². The summed E-state index contributed by atoms with van der Waals surface area (Å²) in [6, 6.07) is 13.8.